The molecule has 0 bridgehead atoms. The van der Waals surface area contributed by atoms with Gasteiger partial charge >= 0.3 is 0 Å². The highest BCUT2D eigenvalue weighted by Crippen LogP contribution is 2.45. The first-order valence-corrected chi connectivity index (χ1v) is 7.90. The van der Waals surface area contributed by atoms with Gasteiger partial charge in [-0.05, 0) is 57.8 Å². The van der Waals surface area contributed by atoms with E-state index in [0.717, 1.165) is 65.1 Å². The number of methoxy groups -OCH3 is 1. The average Bonchev–Trinajstić information content (AvgIpc) is 3.07. The summed E-state index contributed by atoms with van der Waals surface area (Å²) >= 11 is 0. The van der Waals surface area contributed by atoms with Crippen molar-refractivity contribution in [2.75, 3.05) is 20.2 Å². The lowest BCUT2D eigenvalue weighted by atomic mass is 9.87. The van der Waals surface area contributed by atoms with Crippen LogP contribution in [0.2, 0.25) is 0 Å². The van der Waals surface area contributed by atoms with Crippen LogP contribution in [0, 0.1) is 13.8 Å². The summed E-state index contributed by atoms with van der Waals surface area (Å²) in [4.78, 5) is 0. The monoisotopic (exact) mass is 299 g/mol. The van der Waals surface area contributed by atoms with Gasteiger partial charge in [0.05, 0.1) is 12.5 Å². The third kappa shape index (κ3) is 1.94. The van der Waals surface area contributed by atoms with Crippen LogP contribution < -0.4 is 10.1 Å². The van der Waals surface area contributed by atoms with Crippen LogP contribution in [0.1, 0.15) is 35.8 Å². The predicted octanol–water partition coefficient (Wildman–Crippen LogP) is 4.27. The molecule has 116 valence electrons. The molecule has 0 atom stereocenters. The number of benzene rings is 1. The van der Waals surface area contributed by atoms with E-state index in [2.05, 4.69) is 17.4 Å². The van der Waals surface area contributed by atoms with E-state index in [0.29, 0.717) is 5.92 Å². The van der Waals surface area contributed by atoms with Crippen molar-refractivity contribution in [1.29, 1.82) is 0 Å². The number of hydrogen-bond donors (Lipinski definition) is 1. The molecular weight excluding hydrogens is 278 g/mol. The van der Waals surface area contributed by atoms with Gasteiger partial charge in [0.1, 0.15) is 17.1 Å². The molecule has 1 aliphatic heterocycles. The second-order valence-corrected chi connectivity index (χ2v) is 6.17. The SMILES string of the molecule is COc1c2cc(C)oc2c(C2CCNCC2)c2cc(C)oc12. The van der Waals surface area contributed by atoms with Crippen LogP contribution in [-0.2, 0) is 0 Å². The maximum atomic E-state index is 6.07. The van der Waals surface area contributed by atoms with Crippen LogP contribution in [0.4, 0.5) is 0 Å². The minimum absolute atomic E-state index is 0.500. The standard InChI is InChI=1S/C18H21NO3/c1-10-8-13-15(12-4-6-19-7-5-12)16-14(9-11(2)21-16)17(20-3)18(13)22-10/h8-9,12,19H,4-7H2,1-3H3. The number of hydrogen-bond acceptors (Lipinski definition) is 4. The molecule has 4 nitrogen and oxygen atoms in total. The molecule has 1 aliphatic rings. The molecule has 2 aromatic heterocycles. The van der Waals surface area contributed by atoms with Crippen LogP contribution in [-0.4, -0.2) is 20.2 Å². The molecule has 0 unspecified atom stereocenters. The molecule has 1 N–H and O–H groups in total. The maximum Gasteiger partial charge on any atom is 0.177 e. The summed E-state index contributed by atoms with van der Waals surface area (Å²) in [6.07, 6.45) is 2.25. The molecule has 1 aromatic carbocycles. The Bertz CT molecular complexity index is 779. The molecule has 1 saturated heterocycles. The summed E-state index contributed by atoms with van der Waals surface area (Å²) in [5.74, 6) is 3.10. The van der Waals surface area contributed by atoms with Crippen molar-refractivity contribution in [2.45, 2.75) is 32.6 Å². The lowest BCUT2D eigenvalue weighted by Crippen LogP contribution is -2.26. The van der Waals surface area contributed by atoms with E-state index < -0.39 is 0 Å². The van der Waals surface area contributed by atoms with Crippen molar-refractivity contribution in [2.24, 2.45) is 0 Å². The molecule has 3 aromatic rings. The number of piperidine rings is 1. The summed E-state index contributed by atoms with van der Waals surface area (Å²) in [6, 6.07) is 4.17. The third-order valence-electron chi connectivity index (χ3n) is 4.65. The molecule has 1 fully saturated rings. The second kappa shape index (κ2) is 5.06. The van der Waals surface area contributed by atoms with Crippen molar-refractivity contribution < 1.29 is 13.6 Å². The molecule has 22 heavy (non-hydrogen) atoms. The number of fused-ring (bicyclic) bond motifs is 2. The van der Waals surface area contributed by atoms with Crippen LogP contribution in [0.25, 0.3) is 21.9 Å². The number of furan rings is 2. The number of rotatable bonds is 2. The fourth-order valence-electron chi connectivity index (χ4n) is 3.73. The quantitative estimate of drug-likeness (QED) is 0.767. The Morgan fingerprint density at radius 1 is 1.00 bits per heavy atom. The summed E-state index contributed by atoms with van der Waals surface area (Å²) in [7, 11) is 1.69. The van der Waals surface area contributed by atoms with Crippen molar-refractivity contribution in [1.82, 2.24) is 5.32 Å². The van der Waals surface area contributed by atoms with Crippen molar-refractivity contribution in [3.63, 3.8) is 0 Å². The van der Waals surface area contributed by atoms with E-state index in [4.69, 9.17) is 13.6 Å². The summed E-state index contributed by atoms with van der Waals surface area (Å²) < 4.78 is 17.7. The Morgan fingerprint density at radius 3 is 2.32 bits per heavy atom. The highest BCUT2D eigenvalue weighted by Gasteiger charge is 2.27. The van der Waals surface area contributed by atoms with Crippen LogP contribution in [0.3, 0.4) is 0 Å². The third-order valence-corrected chi connectivity index (χ3v) is 4.65. The number of nitrogens with one attached hydrogen (secondary N) is 1. The highest BCUT2D eigenvalue weighted by atomic mass is 16.5. The van der Waals surface area contributed by atoms with Gasteiger partial charge in [0.25, 0.3) is 0 Å². The maximum absolute atomic E-state index is 6.07. The Labute approximate surface area is 129 Å². The fraction of sp³-hybridized carbons (Fsp3) is 0.444. The smallest absolute Gasteiger partial charge is 0.177 e. The molecule has 0 radical (unpaired) electrons. The molecule has 0 saturated carbocycles. The summed E-state index contributed by atoms with van der Waals surface area (Å²) in [5, 5.41) is 5.60. The zero-order valence-electron chi connectivity index (χ0n) is 13.3. The van der Waals surface area contributed by atoms with Gasteiger partial charge in [-0.3, -0.25) is 0 Å². The summed E-state index contributed by atoms with van der Waals surface area (Å²) in [5.41, 5.74) is 3.11. The normalized spacial score (nSPS) is 16.7. The fourth-order valence-corrected chi connectivity index (χ4v) is 3.73. The van der Waals surface area contributed by atoms with Gasteiger partial charge in [-0.15, -0.1) is 0 Å². The Balaban J connectivity index is 2.10. The average molecular weight is 299 g/mol. The predicted molar refractivity (Wildman–Crippen MR) is 86.9 cm³/mol. The van der Waals surface area contributed by atoms with E-state index in [-0.39, 0.29) is 0 Å². The van der Waals surface area contributed by atoms with E-state index in [1.807, 2.05) is 13.8 Å². The van der Waals surface area contributed by atoms with Crippen LogP contribution >= 0.6 is 0 Å². The van der Waals surface area contributed by atoms with Gasteiger partial charge in [0.15, 0.2) is 11.3 Å². The Morgan fingerprint density at radius 2 is 1.64 bits per heavy atom. The van der Waals surface area contributed by atoms with Crippen LogP contribution in [0.15, 0.2) is 21.0 Å². The minimum atomic E-state index is 0.500. The van der Waals surface area contributed by atoms with Gasteiger partial charge in [-0.1, -0.05) is 0 Å². The molecule has 0 amide bonds. The Kier molecular flexibility index (Phi) is 3.15. The highest BCUT2D eigenvalue weighted by molar-refractivity contribution is 6.05. The first-order chi connectivity index (χ1) is 10.7. The minimum Gasteiger partial charge on any atom is -0.492 e. The zero-order valence-corrected chi connectivity index (χ0v) is 13.3. The van der Waals surface area contributed by atoms with Crippen LogP contribution in [0.5, 0.6) is 5.75 Å². The lowest BCUT2D eigenvalue weighted by Gasteiger charge is -2.24. The zero-order chi connectivity index (χ0) is 15.3. The summed E-state index contributed by atoms with van der Waals surface area (Å²) in [6.45, 7) is 6.07. The van der Waals surface area contributed by atoms with E-state index >= 15 is 0 Å². The van der Waals surface area contributed by atoms with E-state index in [1.165, 1.54) is 5.56 Å². The van der Waals surface area contributed by atoms with Crippen molar-refractivity contribution in [3.8, 4) is 5.75 Å². The molecule has 0 spiro atoms. The molecule has 4 rings (SSSR count). The van der Waals surface area contributed by atoms with Gasteiger partial charge < -0.3 is 18.9 Å². The molecular formula is C18H21NO3. The number of aryl methyl sites for hydroxylation is 2. The lowest BCUT2D eigenvalue weighted by molar-refractivity contribution is 0.412. The van der Waals surface area contributed by atoms with Gasteiger partial charge in [0.2, 0.25) is 0 Å². The second-order valence-electron chi connectivity index (χ2n) is 6.17. The van der Waals surface area contributed by atoms with E-state index in [9.17, 15) is 0 Å². The first kappa shape index (κ1) is 13.7. The Hall–Kier alpha value is -1.94. The van der Waals surface area contributed by atoms with Crippen molar-refractivity contribution in [3.05, 3.63) is 29.2 Å². The van der Waals surface area contributed by atoms with Gasteiger partial charge in [0, 0.05) is 10.9 Å². The van der Waals surface area contributed by atoms with Crippen molar-refractivity contribution >= 4 is 21.9 Å². The molecule has 4 heteroatoms. The van der Waals surface area contributed by atoms with Gasteiger partial charge in [-0.2, -0.15) is 0 Å². The largest absolute Gasteiger partial charge is 0.492 e. The first-order valence-electron chi connectivity index (χ1n) is 7.90. The number of ether oxygens (including phenoxy) is 1. The molecule has 0 aliphatic carbocycles. The van der Waals surface area contributed by atoms with Gasteiger partial charge in [-0.25, -0.2) is 0 Å². The van der Waals surface area contributed by atoms with E-state index in [1.54, 1.807) is 7.11 Å². The molecule has 3 heterocycles. The topological polar surface area (TPSA) is 47.5 Å².